The zero-order valence-corrected chi connectivity index (χ0v) is 15.0. The van der Waals surface area contributed by atoms with Crippen LogP contribution in [0.25, 0.3) is 11.3 Å². The van der Waals surface area contributed by atoms with Crippen molar-refractivity contribution in [2.75, 3.05) is 12.8 Å². The summed E-state index contributed by atoms with van der Waals surface area (Å²) >= 11 is 0. The number of imidazole rings is 1. The fourth-order valence-electron chi connectivity index (χ4n) is 2.83. The smallest absolute Gasteiger partial charge is 0.355 e. The van der Waals surface area contributed by atoms with Crippen molar-refractivity contribution < 1.29 is 19.0 Å². The average molecular weight is 367 g/mol. The molecule has 27 heavy (non-hydrogen) atoms. The Hall–Kier alpha value is -3.68. The second-order valence-corrected chi connectivity index (χ2v) is 6.02. The van der Waals surface area contributed by atoms with Gasteiger partial charge >= 0.3 is 5.95 Å². The molecule has 3 aromatic rings. The molecule has 138 valence electrons. The lowest BCUT2D eigenvalue weighted by molar-refractivity contribution is -0.667. The summed E-state index contributed by atoms with van der Waals surface area (Å²) in [6.07, 6.45) is 1.71. The SMILES string of the molecule is COc1cccc(C(=O)C[n+]2cc(-c3cccc([N+](=O)[O-])c3)n(C)c2N)c1. The lowest BCUT2D eigenvalue weighted by Crippen LogP contribution is -2.39. The summed E-state index contributed by atoms with van der Waals surface area (Å²) in [4.78, 5) is 23.2. The Bertz CT molecular complexity index is 1030. The van der Waals surface area contributed by atoms with Crippen molar-refractivity contribution in [2.45, 2.75) is 6.54 Å². The predicted molar refractivity (Wildman–Crippen MR) is 99.4 cm³/mol. The quantitative estimate of drug-likeness (QED) is 0.312. The van der Waals surface area contributed by atoms with Crippen LogP contribution in [0.5, 0.6) is 5.75 Å². The molecule has 0 aliphatic carbocycles. The average Bonchev–Trinajstić information content (AvgIpc) is 2.96. The van der Waals surface area contributed by atoms with Gasteiger partial charge in [0.1, 0.15) is 24.2 Å². The molecule has 0 aliphatic heterocycles. The molecule has 0 bridgehead atoms. The maximum atomic E-state index is 12.6. The number of ether oxygens (including phenoxy) is 1. The van der Waals surface area contributed by atoms with Gasteiger partial charge in [0.15, 0.2) is 5.78 Å². The first-order chi connectivity index (χ1) is 12.9. The first-order valence-electron chi connectivity index (χ1n) is 8.17. The van der Waals surface area contributed by atoms with Crippen molar-refractivity contribution in [1.29, 1.82) is 0 Å². The number of non-ortho nitro benzene ring substituents is 1. The van der Waals surface area contributed by atoms with Crippen LogP contribution in [0.3, 0.4) is 0 Å². The van der Waals surface area contributed by atoms with E-state index < -0.39 is 4.92 Å². The number of rotatable bonds is 6. The summed E-state index contributed by atoms with van der Waals surface area (Å²) in [5.41, 5.74) is 7.96. The van der Waals surface area contributed by atoms with Gasteiger partial charge in [-0.25, -0.2) is 9.13 Å². The Kier molecular flexibility index (Phi) is 4.89. The molecule has 0 aliphatic rings. The summed E-state index contributed by atoms with van der Waals surface area (Å²) in [5, 5.41) is 11.0. The van der Waals surface area contributed by atoms with E-state index in [1.165, 1.54) is 12.1 Å². The first-order valence-corrected chi connectivity index (χ1v) is 8.17. The number of carbonyl (C=O) groups is 1. The van der Waals surface area contributed by atoms with Gasteiger partial charge in [-0.3, -0.25) is 20.6 Å². The van der Waals surface area contributed by atoms with Gasteiger partial charge in [0.25, 0.3) is 5.69 Å². The molecule has 0 fully saturated rings. The molecule has 2 aromatic carbocycles. The number of nitro benzene ring substituents is 1. The van der Waals surface area contributed by atoms with Crippen molar-refractivity contribution in [3.8, 4) is 17.0 Å². The molecule has 0 unspecified atom stereocenters. The van der Waals surface area contributed by atoms with E-state index in [1.807, 2.05) is 0 Å². The third kappa shape index (κ3) is 3.64. The van der Waals surface area contributed by atoms with E-state index in [2.05, 4.69) is 0 Å². The summed E-state index contributed by atoms with van der Waals surface area (Å²) in [6, 6.07) is 13.2. The van der Waals surface area contributed by atoms with Crippen LogP contribution in [-0.2, 0) is 13.6 Å². The molecular formula is C19H19N4O4+. The number of hydrogen-bond acceptors (Lipinski definition) is 5. The zero-order valence-electron chi connectivity index (χ0n) is 15.0. The van der Waals surface area contributed by atoms with Crippen molar-refractivity contribution >= 4 is 17.4 Å². The maximum absolute atomic E-state index is 12.6. The highest BCUT2D eigenvalue weighted by Gasteiger charge is 2.21. The fraction of sp³-hybridized carbons (Fsp3) is 0.158. The Morgan fingerprint density at radius 1 is 1.26 bits per heavy atom. The highest BCUT2D eigenvalue weighted by atomic mass is 16.6. The van der Waals surface area contributed by atoms with Crippen LogP contribution in [0.2, 0.25) is 0 Å². The van der Waals surface area contributed by atoms with Gasteiger partial charge in [-0.2, -0.15) is 0 Å². The molecule has 0 radical (unpaired) electrons. The van der Waals surface area contributed by atoms with Gasteiger partial charge in [0.05, 0.1) is 19.1 Å². The molecule has 3 rings (SSSR count). The molecule has 0 saturated heterocycles. The lowest BCUT2D eigenvalue weighted by atomic mass is 10.1. The van der Waals surface area contributed by atoms with E-state index in [-0.39, 0.29) is 18.0 Å². The first kappa shape index (κ1) is 18.1. The number of nitrogen functional groups attached to an aromatic ring is 1. The Morgan fingerprint density at radius 2 is 2.00 bits per heavy atom. The normalized spacial score (nSPS) is 10.6. The maximum Gasteiger partial charge on any atom is 0.355 e. The molecule has 8 heteroatoms. The number of carbonyl (C=O) groups excluding carboxylic acids is 1. The second kappa shape index (κ2) is 7.28. The van der Waals surface area contributed by atoms with E-state index in [0.717, 1.165) is 0 Å². The molecule has 0 amide bonds. The topological polar surface area (TPSA) is 104 Å². The van der Waals surface area contributed by atoms with Crippen LogP contribution in [-0.4, -0.2) is 22.4 Å². The van der Waals surface area contributed by atoms with Crippen molar-refractivity contribution in [1.82, 2.24) is 4.57 Å². The number of hydrogen-bond donors (Lipinski definition) is 1. The van der Waals surface area contributed by atoms with Gasteiger partial charge in [-0.05, 0) is 12.1 Å². The van der Waals surface area contributed by atoms with E-state index in [4.69, 9.17) is 10.5 Å². The summed E-state index contributed by atoms with van der Waals surface area (Å²) in [7, 11) is 3.29. The number of benzene rings is 2. The molecule has 0 atom stereocenters. The number of nitrogens with zero attached hydrogens (tertiary/aromatic N) is 3. The number of anilines is 1. The Labute approximate surface area is 155 Å². The molecule has 0 spiro atoms. The van der Waals surface area contributed by atoms with Crippen LogP contribution < -0.4 is 15.0 Å². The largest absolute Gasteiger partial charge is 0.497 e. The molecule has 8 nitrogen and oxygen atoms in total. The van der Waals surface area contributed by atoms with E-state index in [0.29, 0.717) is 28.5 Å². The third-order valence-corrected chi connectivity index (χ3v) is 4.34. The number of nitro groups is 1. The van der Waals surface area contributed by atoms with Crippen LogP contribution in [0.15, 0.2) is 54.7 Å². The second-order valence-electron chi connectivity index (χ2n) is 6.02. The summed E-state index contributed by atoms with van der Waals surface area (Å²) < 4.78 is 8.46. The molecule has 1 heterocycles. The predicted octanol–water partition coefficient (Wildman–Crippen LogP) is 2.36. The van der Waals surface area contributed by atoms with E-state index in [9.17, 15) is 14.9 Å². The standard InChI is InChI=1S/C19H18N4O4/c1-21-17(13-5-3-7-15(9-13)23(25)26)11-22(19(21)20)12-18(24)14-6-4-8-16(10-14)27-2/h3-11,20H,12H2,1-2H3/p+1. The molecule has 0 saturated carbocycles. The number of aromatic nitrogens is 2. The van der Waals surface area contributed by atoms with Crippen LogP contribution >= 0.6 is 0 Å². The van der Waals surface area contributed by atoms with Crippen LogP contribution in [0.4, 0.5) is 11.6 Å². The minimum Gasteiger partial charge on any atom is -0.497 e. The fourth-order valence-corrected chi connectivity index (χ4v) is 2.83. The Balaban J connectivity index is 1.92. The van der Waals surface area contributed by atoms with Crippen molar-refractivity contribution in [3.63, 3.8) is 0 Å². The summed E-state index contributed by atoms with van der Waals surface area (Å²) in [6.45, 7) is 0.0434. The van der Waals surface area contributed by atoms with Gasteiger partial charge < -0.3 is 4.74 Å². The van der Waals surface area contributed by atoms with Gasteiger partial charge in [0, 0.05) is 23.3 Å². The Morgan fingerprint density at radius 3 is 2.70 bits per heavy atom. The van der Waals surface area contributed by atoms with E-state index >= 15 is 0 Å². The van der Waals surface area contributed by atoms with Gasteiger partial charge in [-0.15, -0.1) is 0 Å². The zero-order chi connectivity index (χ0) is 19.6. The highest BCUT2D eigenvalue weighted by Crippen LogP contribution is 2.24. The minimum atomic E-state index is -0.448. The molecular weight excluding hydrogens is 348 g/mol. The minimum absolute atomic E-state index is 0.00808. The highest BCUT2D eigenvalue weighted by molar-refractivity contribution is 5.95. The summed E-state index contributed by atoms with van der Waals surface area (Å²) in [5.74, 6) is 0.846. The lowest BCUT2D eigenvalue weighted by Gasteiger charge is -2.03. The van der Waals surface area contributed by atoms with Crippen LogP contribution in [0.1, 0.15) is 10.4 Å². The number of ketones is 1. The molecule has 2 N–H and O–H groups in total. The number of Topliss-reactive ketones (excluding diaryl/α,β-unsaturated/α-hetero) is 1. The monoisotopic (exact) mass is 367 g/mol. The van der Waals surface area contributed by atoms with Crippen molar-refractivity contribution in [2.24, 2.45) is 7.05 Å². The van der Waals surface area contributed by atoms with Gasteiger partial charge in [-0.1, -0.05) is 24.3 Å². The molecule has 1 aromatic heterocycles. The van der Waals surface area contributed by atoms with Crippen LogP contribution in [0, 0.1) is 10.1 Å². The van der Waals surface area contributed by atoms with Gasteiger partial charge in [0.2, 0.25) is 0 Å². The van der Waals surface area contributed by atoms with E-state index in [1.54, 1.807) is 65.9 Å². The number of nitrogens with two attached hydrogens (primary N) is 1. The number of methoxy groups -OCH3 is 1. The third-order valence-electron chi connectivity index (χ3n) is 4.34. The van der Waals surface area contributed by atoms with Crippen molar-refractivity contribution in [3.05, 3.63) is 70.4 Å².